The van der Waals surface area contributed by atoms with Gasteiger partial charge in [0.15, 0.2) is 5.78 Å². The lowest BCUT2D eigenvalue weighted by Gasteiger charge is -2.17. The van der Waals surface area contributed by atoms with Crippen LogP contribution in [0.2, 0.25) is 0 Å². The lowest BCUT2D eigenvalue weighted by atomic mass is 9.85. The van der Waals surface area contributed by atoms with Crippen molar-refractivity contribution in [2.24, 2.45) is 5.41 Å². The number of amides is 1. The van der Waals surface area contributed by atoms with Crippen molar-refractivity contribution >= 4 is 34.4 Å². The molecule has 4 rings (SSSR count). The van der Waals surface area contributed by atoms with Crippen molar-refractivity contribution in [1.29, 1.82) is 0 Å². The van der Waals surface area contributed by atoms with Gasteiger partial charge in [-0.1, -0.05) is 36.4 Å². The average Bonchev–Trinajstić information content (AvgIpc) is 3.27. The SMILES string of the molecule is CC(C)(CC(=O)c1ccc(-c2ccc(NC(=O)c3ccc4nc[nH]c4c3)cc2)cc1)C(=O)O. The van der Waals surface area contributed by atoms with Crippen molar-refractivity contribution in [3.63, 3.8) is 0 Å². The first kappa shape index (κ1) is 22.0. The first-order chi connectivity index (χ1) is 15.7. The molecule has 3 aromatic carbocycles. The number of aliphatic carboxylic acids is 1. The molecule has 0 aliphatic rings. The molecule has 166 valence electrons. The monoisotopic (exact) mass is 441 g/mol. The number of anilines is 1. The van der Waals surface area contributed by atoms with E-state index in [0.29, 0.717) is 16.8 Å². The van der Waals surface area contributed by atoms with Crippen LogP contribution in [-0.4, -0.2) is 32.7 Å². The largest absolute Gasteiger partial charge is 0.481 e. The Labute approximate surface area is 190 Å². The van der Waals surface area contributed by atoms with Crippen molar-refractivity contribution in [1.82, 2.24) is 9.97 Å². The number of nitrogens with zero attached hydrogens (tertiary/aromatic N) is 1. The quantitative estimate of drug-likeness (QED) is 0.343. The summed E-state index contributed by atoms with van der Waals surface area (Å²) in [5.41, 5.74) is 3.99. The third-order valence-corrected chi connectivity index (χ3v) is 5.55. The number of aromatic nitrogens is 2. The smallest absolute Gasteiger partial charge is 0.309 e. The summed E-state index contributed by atoms with van der Waals surface area (Å²) in [4.78, 5) is 43.4. The molecule has 0 bridgehead atoms. The maximum absolute atomic E-state index is 12.6. The number of carboxylic acids is 1. The Balaban J connectivity index is 1.43. The molecular formula is C26H23N3O4. The van der Waals surface area contributed by atoms with Gasteiger partial charge in [-0.2, -0.15) is 0 Å². The van der Waals surface area contributed by atoms with Gasteiger partial charge in [0.05, 0.1) is 22.8 Å². The summed E-state index contributed by atoms with van der Waals surface area (Å²) in [6, 6.07) is 19.7. The summed E-state index contributed by atoms with van der Waals surface area (Å²) in [6.45, 7) is 3.08. The van der Waals surface area contributed by atoms with Gasteiger partial charge in [-0.3, -0.25) is 14.4 Å². The second-order valence-corrected chi connectivity index (χ2v) is 8.53. The number of Topliss-reactive ketones (excluding diaryl/α,β-unsaturated/α-hetero) is 1. The number of imidazole rings is 1. The molecule has 0 saturated heterocycles. The summed E-state index contributed by atoms with van der Waals surface area (Å²) in [5.74, 6) is -1.42. The minimum absolute atomic E-state index is 0.0661. The van der Waals surface area contributed by atoms with Gasteiger partial charge in [0, 0.05) is 23.2 Å². The van der Waals surface area contributed by atoms with Crippen molar-refractivity contribution in [3.8, 4) is 11.1 Å². The molecule has 1 heterocycles. The van der Waals surface area contributed by atoms with Gasteiger partial charge in [0.1, 0.15) is 0 Å². The van der Waals surface area contributed by atoms with Crippen LogP contribution >= 0.6 is 0 Å². The number of ketones is 1. The molecule has 4 aromatic rings. The second kappa shape index (κ2) is 8.70. The molecule has 7 heteroatoms. The zero-order valence-corrected chi connectivity index (χ0v) is 18.3. The lowest BCUT2D eigenvalue weighted by Crippen LogP contribution is -2.26. The highest BCUT2D eigenvalue weighted by Gasteiger charge is 2.30. The molecule has 0 radical (unpaired) electrons. The highest BCUT2D eigenvalue weighted by molar-refractivity contribution is 6.06. The van der Waals surface area contributed by atoms with Gasteiger partial charge in [0.2, 0.25) is 0 Å². The molecule has 0 fully saturated rings. The Kier molecular flexibility index (Phi) is 5.79. The van der Waals surface area contributed by atoms with Crippen molar-refractivity contribution in [2.45, 2.75) is 20.3 Å². The predicted octanol–water partition coefficient (Wildman–Crippen LogP) is 5.17. The summed E-state index contributed by atoms with van der Waals surface area (Å²) < 4.78 is 0. The summed E-state index contributed by atoms with van der Waals surface area (Å²) in [5, 5.41) is 12.1. The van der Waals surface area contributed by atoms with Crippen LogP contribution in [0.3, 0.4) is 0 Å². The highest BCUT2D eigenvalue weighted by Crippen LogP contribution is 2.26. The van der Waals surface area contributed by atoms with E-state index in [2.05, 4.69) is 15.3 Å². The van der Waals surface area contributed by atoms with Gasteiger partial charge in [-0.25, -0.2) is 4.98 Å². The number of carboxylic acid groups (broad SMARTS) is 1. The fourth-order valence-corrected chi connectivity index (χ4v) is 3.45. The first-order valence-corrected chi connectivity index (χ1v) is 10.4. The Morgan fingerprint density at radius 1 is 0.909 bits per heavy atom. The van der Waals surface area contributed by atoms with E-state index in [9.17, 15) is 19.5 Å². The molecule has 1 amide bonds. The van der Waals surface area contributed by atoms with Crippen LogP contribution < -0.4 is 5.32 Å². The number of fused-ring (bicyclic) bond motifs is 1. The van der Waals surface area contributed by atoms with E-state index in [1.54, 1.807) is 36.7 Å². The number of rotatable bonds is 7. The van der Waals surface area contributed by atoms with E-state index in [4.69, 9.17) is 0 Å². The van der Waals surface area contributed by atoms with Crippen LogP contribution in [0, 0.1) is 5.41 Å². The zero-order valence-electron chi connectivity index (χ0n) is 18.3. The van der Waals surface area contributed by atoms with E-state index in [1.807, 2.05) is 36.4 Å². The number of carbonyl (C=O) groups excluding carboxylic acids is 2. The number of nitrogens with one attached hydrogen (secondary N) is 2. The molecule has 1 aromatic heterocycles. The number of aromatic amines is 1. The molecule has 3 N–H and O–H groups in total. The van der Waals surface area contributed by atoms with Crippen molar-refractivity contribution in [3.05, 3.63) is 84.2 Å². The van der Waals surface area contributed by atoms with Gasteiger partial charge >= 0.3 is 5.97 Å². The zero-order chi connectivity index (χ0) is 23.6. The van der Waals surface area contributed by atoms with E-state index < -0.39 is 11.4 Å². The second-order valence-electron chi connectivity index (χ2n) is 8.53. The number of hydrogen-bond donors (Lipinski definition) is 3. The van der Waals surface area contributed by atoms with Crippen molar-refractivity contribution < 1.29 is 19.5 Å². The van der Waals surface area contributed by atoms with Crippen molar-refractivity contribution in [2.75, 3.05) is 5.32 Å². The Bertz CT molecular complexity index is 1340. The minimum Gasteiger partial charge on any atom is -0.481 e. The molecule has 0 saturated carbocycles. The van der Waals surface area contributed by atoms with Crippen LogP contribution in [0.15, 0.2) is 73.1 Å². The summed E-state index contributed by atoms with van der Waals surface area (Å²) in [6.07, 6.45) is 1.52. The average molecular weight is 441 g/mol. The van der Waals surface area contributed by atoms with Crippen LogP contribution in [-0.2, 0) is 4.79 Å². The Morgan fingerprint density at radius 3 is 2.15 bits per heavy atom. The van der Waals surface area contributed by atoms with E-state index in [1.165, 1.54) is 13.8 Å². The topological polar surface area (TPSA) is 112 Å². The normalized spacial score (nSPS) is 11.3. The molecule has 0 aliphatic carbocycles. The van der Waals surface area contributed by atoms with Gasteiger partial charge < -0.3 is 15.4 Å². The lowest BCUT2D eigenvalue weighted by molar-refractivity contribution is -0.146. The van der Waals surface area contributed by atoms with E-state index in [-0.39, 0.29) is 18.1 Å². The Morgan fingerprint density at radius 2 is 1.52 bits per heavy atom. The van der Waals surface area contributed by atoms with Crippen LogP contribution in [0.4, 0.5) is 5.69 Å². The molecule has 33 heavy (non-hydrogen) atoms. The van der Waals surface area contributed by atoms with Crippen LogP contribution in [0.1, 0.15) is 41.0 Å². The molecule has 7 nitrogen and oxygen atoms in total. The van der Waals surface area contributed by atoms with Crippen LogP contribution in [0.25, 0.3) is 22.2 Å². The number of H-pyrrole nitrogens is 1. The molecule has 0 atom stereocenters. The third kappa shape index (κ3) is 4.82. The summed E-state index contributed by atoms with van der Waals surface area (Å²) in [7, 11) is 0. The molecule has 0 unspecified atom stereocenters. The highest BCUT2D eigenvalue weighted by atomic mass is 16.4. The van der Waals surface area contributed by atoms with E-state index >= 15 is 0 Å². The minimum atomic E-state index is -1.11. The number of benzene rings is 3. The maximum atomic E-state index is 12.6. The van der Waals surface area contributed by atoms with Crippen LogP contribution in [0.5, 0.6) is 0 Å². The fraction of sp³-hybridized carbons (Fsp3) is 0.154. The maximum Gasteiger partial charge on any atom is 0.309 e. The standard InChI is InChI=1S/C26H23N3O4/c1-26(2,25(32)33)14-23(30)18-5-3-16(4-6-18)17-7-10-20(11-8-17)29-24(31)19-9-12-21-22(13-19)28-15-27-21/h3-13,15H,14H2,1-2H3,(H,27,28)(H,29,31)(H,32,33). The number of hydrogen-bond acceptors (Lipinski definition) is 4. The van der Waals surface area contributed by atoms with E-state index in [0.717, 1.165) is 22.2 Å². The Hall–Kier alpha value is -4.26. The molecule has 0 spiro atoms. The number of carbonyl (C=O) groups is 3. The predicted molar refractivity (Wildman–Crippen MR) is 126 cm³/mol. The fourth-order valence-electron chi connectivity index (χ4n) is 3.45. The van der Waals surface area contributed by atoms with Gasteiger partial charge in [-0.05, 0) is 55.3 Å². The molecule has 0 aliphatic heterocycles. The third-order valence-electron chi connectivity index (χ3n) is 5.55. The van der Waals surface area contributed by atoms with Gasteiger partial charge in [-0.15, -0.1) is 0 Å². The molecular weight excluding hydrogens is 418 g/mol. The first-order valence-electron chi connectivity index (χ1n) is 10.4. The summed E-state index contributed by atoms with van der Waals surface area (Å²) >= 11 is 0. The van der Waals surface area contributed by atoms with Gasteiger partial charge in [0.25, 0.3) is 5.91 Å².